The smallest absolute Gasteiger partial charge is 0.243 e. The molecule has 1 aliphatic heterocycles. The van der Waals surface area contributed by atoms with E-state index in [1.807, 2.05) is 13.0 Å². The largest absolute Gasteiger partial charge is 0.497 e. The van der Waals surface area contributed by atoms with E-state index < -0.39 is 10.0 Å². The summed E-state index contributed by atoms with van der Waals surface area (Å²) >= 11 is 0. The van der Waals surface area contributed by atoms with Gasteiger partial charge in [0, 0.05) is 12.1 Å². The number of sulfonamides is 1. The summed E-state index contributed by atoms with van der Waals surface area (Å²) in [6, 6.07) is 12.0. The minimum Gasteiger partial charge on any atom is -0.497 e. The van der Waals surface area contributed by atoms with Crippen molar-refractivity contribution < 1.29 is 17.9 Å². The molecule has 0 saturated carbocycles. The van der Waals surface area contributed by atoms with E-state index in [0.717, 1.165) is 11.1 Å². The van der Waals surface area contributed by atoms with Gasteiger partial charge in [0.15, 0.2) is 5.78 Å². The van der Waals surface area contributed by atoms with Gasteiger partial charge in [-0.2, -0.15) is 4.31 Å². The summed E-state index contributed by atoms with van der Waals surface area (Å²) in [7, 11) is -2.15. The summed E-state index contributed by atoms with van der Waals surface area (Å²) < 4.78 is 32.1. The lowest BCUT2D eigenvalue weighted by atomic mass is 10.0. The Kier molecular flexibility index (Phi) is 4.43. The van der Waals surface area contributed by atoms with E-state index >= 15 is 0 Å². The molecule has 6 heteroatoms. The maximum Gasteiger partial charge on any atom is 0.243 e. The molecule has 0 spiro atoms. The lowest BCUT2D eigenvalue weighted by Gasteiger charge is -2.19. The number of aryl methyl sites for hydroxylation is 1. The maximum absolute atomic E-state index is 12.8. The molecule has 0 amide bonds. The van der Waals surface area contributed by atoms with Gasteiger partial charge < -0.3 is 4.74 Å². The van der Waals surface area contributed by atoms with Crippen LogP contribution < -0.4 is 4.74 Å². The van der Waals surface area contributed by atoms with Gasteiger partial charge in [0.25, 0.3) is 0 Å². The topological polar surface area (TPSA) is 63.7 Å². The first-order valence-corrected chi connectivity index (χ1v) is 9.13. The van der Waals surface area contributed by atoms with Crippen LogP contribution in [-0.4, -0.2) is 38.7 Å². The number of carbonyl (C=O) groups excluding carboxylic acids is 1. The number of hydrogen-bond acceptors (Lipinski definition) is 4. The first kappa shape index (κ1) is 16.7. The van der Waals surface area contributed by atoms with Crippen molar-refractivity contribution in [3.63, 3.8) is 0 Å². The van der Waals surface area contributed by atoms with Crippen molar-refractivity contribution >= 4 is 15.8 Å². The molecule has 2 aromatic rings. The second-order valence-electron chi connectivity index (χ2n) is 5.85. The monoisotopic (exact) mass is 345 g/mol. The number of ketones is 1. The first-order valence-electron chi connectivity index (χ1n) is 7.69. The molecule has 0 atom stereocenters. The average Bonchev–Trinajstić information content (AvgIpc) is 2.74. The Hall–Kier alpha value is -2.18. The van der Waals surface area contributed by atoms with Gasteiger partial charge in [-0.3, -0.25) is 4.79 Å². The quantitative estimate of drug-likeness (QED) is 0.857. The van der Waals surface area contributed by atoms with Crippen molar-refractivity contribution in [1.82, 2.24) is 4.31 Å². The van der Waals surface area contributed by atoms with E-state index in [1.54, 1.807) is 36.4 Å². The Labute approximate surface area is 141 Å². The first-order chi connectivity index (χ1) is 11.4. The SMILES string of the molecule is COc1ccc2c(c1)C(=O)CN(S(=O)(=O)c1ccc(C)cc1)CC2. The van der Waals surface area contributed by atoms with E-state index in [0.29, 0.717) is 17.7 Å². The van der Waals surface area contributed by atoms with Gasteiger partial charge in [0.2, 0.25) is 10.0 Å². The van der Waals surface area contributed by atoms with Gasteiger partial charge in [-0.05, 0) is 43.2 Å². The average molecular weight is 345 g/mol. The fraction of sp³-hybridized carbons (Fsp3) is 0.278. The zero-order valence-corrected chi connectivity index (χ0v) is 14.5. The Morgan fingerprint density at radius 3 is 2.46 bits per heavy atom. The fourth-order valence-electron chi connectivity index (χ4n) is 2.79. The predicted octanol–water partition coefficient (Wildman–Crippen LogP) is 2.43. The van der Waals surface area contributed by atoms with Crippen LogP contribution in [0, 0.1) is 6.92 Å². The van der Waals surface area contributed by atoms with Crippen LogP contribution in [-0.2, 0) is 16.4 Å². The molecule has 0 unspecified atom stereocenters. The zero-order valence-electron chi connectivity index (χ0n) is 13.7. The third-order valence-electron chi connectivity index (χ3n) is 4.23. The van der Waals surface area contributed by atoms with Crippen LogP contribution in [0.4, 0.5) is 0 Å². The highest BCUT2D eigenvalue weighted by Gasteiger charge is 2.30. The standard InChI is InChI=1S/C18H19NO4S/c1-13-3-7-16(8-4-13)24(21,22)19-10-9-14-5-6-15(23-2)11-17(14)18(20)12-19/h3-8,11H,9-10,12H2,1-2H3. The van der Waals surface area contributed by atoms with E-state index in [4.69, 9.17) is 4.74 Å². The fourth-order valence-corrected chi connectivity index (χ4v) is 4.19. The molecule has 126 valence electrons. The molecule has 1 heterocycles. The highest BCUT2D eigenvalue weighted by Crippen LogP contribution is 2.25. The third-order valence-corrected chi connectivity index (χ3v) is 6.09. The highest BCUT2D eigenvalue weighted by molar-refractivity contribution is 7.89. The van der Waals surface area contributed by atoms with Crippen molar-refractivity contribution in [3.05, 3.63) is 59.2 Å². The minimum absolute atomic E-state index is 0.156. The number of Topliss-reactive ketones (excluding diaryl/α,β-unsaturated/α-hetero) is 1. The molecule has 3 rings (SSSR count). The van der Waals surface area contributed by atoms with E-state index in [9.17, 15) is 13.2 Å². The molecule has 2 aromatic carbocycles. The highest BCUT2D eigenvalue weighted by atomic mass is 32.2. The lowest BCUT2D eigenvalue weighted by molar-refractivity contribution is 0.0971. The van der Waals surface area contributed by atoms with Crippen molar-refractivity contribution in [1.29, 1.82) is 0 Å². The van der Waals surface area contributed by atoms with Gasteiger partial charge >= 0.3 is 0 Å². The van der Waals surface area contributed by atoms with Crippen LogP contribution in [0.1, 0.15) is 21.5 Å². The number of methoxy groups -OCH3 is 1. The molecule has 0 aliphatic carbocycles. The van der Waals surface area contributed by atoms with E-state index in [1.165, 1.54) is 11.4 Å². The molecule has 0 bridgehead atoms. The van der Waals surface area contributed by atoms with Crippen molar-refractivity contribution in [2.45, 2.75) is 18.2 Å². The Balaban J connectivity index is 1.93. The summed E-state index contributed by atoms with van der Waals surface area (Å²) in [5.74, 6) is 0.383. The zero-order chi connectivity index (χ0) is 17.3. The van der Waals surface area contributed by atoms with Crippen LogP contribution in [0.25, 0.3) is 0 Å². The molecule has 1 aliphatic rings. The van der Waals surface area contributed by atoms with E-state index in [-0.39, 0.29) is 23.8 Å². The number of rotatable bonds is 3. The molecule has 0 aromatic heterocycles. The van der Waals surface area contributed by atoms with Crippen molar-refractivity contribution in [2.24, 2.45) is 0 Å². The Bertz CT molecular complexity index is 872. The van der Waals surface area contributed by atoms with Crippen LogP contribution in [0.15, 0.2) is 47.4 Å². The predicted molar refractivity (Wildman–Crippen MR) is 91.0 cm³/mol. The molecular weight excluding hydrogens is 326 g/mol. The summed E-state index contributed by atoms with van der Waals surface area (Å²) in [6.07, 6.45) is 0.496. The van der Waals surface area contributed by atoms with Crippen LogP contribution in [0.3, 0.4) is 0 Å². The minimum atomic E-state index is -3.69. The van der Waals surface area contributed by atoms with Gasteiger partial charge in [-0.25, -0.2) is 8.42 Å². The number of hydrogen-bond donors (Lipinski definition) is 0. The number of fused-ring (bicyclic) bond motifs is 1. The summed E-state index contributed by atoms with van der Waals surface area (Å²) in [4.78, 5) is 12.8. The normalized spacial score (nSPS) is 15.7. The van der Waals surface area contributed by atoms with Crippen LogP contribution >= 0.6 is 0 Å². The van der Waals surface area contributed by atoms with Gasteiger partial charge in [-0.1, -0.05) is 23.8 Å². The molecule has 0 radical (unpaired) electrons. The second-order valence-corrected chi connectivity index (χ2v) is 7.79. The summed E-state index contributed by atoms with van der Waals surface area (Å²) in [5, 5.41) is 0. The lowest BCUT2D eigenvalue weighted by Crippen LogP contribution is -2.35. The summed E-state index contributed by atoms with van der Waals surface area (Å²) in [5.41, 5.74) is 2.37. The molecule has 0 N–H and O–H groups in total. The van der Waals surface area contributed by atoms with Crippen molar-refractivity contribution in [2.75, 3.05) is 20.2 Å². The maximum atomic E-state index is 12.8. The van der Waals surface area contributed by atoms with Crippen LogP contribution in [0.5, 0.6) is 5.75 Å². The number of nitrogens with zero attached hydrogens (tertiary/aromatic N) is 1. The Morgan fingerprint density at radius 2 is 1.79 bits per heavy atom. The molecule has 0 saturated heterocycles. The molecular formula is C18H19NO4S. The van der Waals surface area contributed by atoms with Crippen LogP contribution in [0.2, 0.25) is 0 Å². The number of ether oxygens (including phenoxy) is 1. The van der Waals surface area contributed by atoms with Gasteiger partial charge in [-0.15, -0.1) is 0 Å². The molecule has 5 nitrogen and oxygen atoms in total. The summed E-state index contributed by atoms with van der Waals surface area (Å²) in [6.45, 7) is 2.02. The van der Waals surface area contributed by atoms with Gasteiger partial charge in [0.05, 0.1) is 18.6 Å². The number of carbonyl (C=O) groups is 1. The molecule has 24 heavy (non-hydrogen) atoms. The van der Waals surface area contributed by atoms with E-state index in [2.05, 4.69) is 0 Å². The second kappa shape index (κ2) is 6.37. The van der Waals surface area contributed by atoms with Crippen molar-refractivity contribution in [3.8, 4) is 5.75 Å². The van der Waals surface area contributed by atoms with Gasteiger partial charge in [0.1, 0.15) is 5.75 Å². The third kappa shape index (κ3) is 3.07. The molecule has 0 fully saturated rings. The number of benzene rings is 2. The Morgan fingerprint density at radius 1 is 1.08 bits per heavy atom.